The molecule has 19 heavy (non-hydrogen) atoms. The molecule has 1 atom stereocenters. The number of hydrogen-bond donors (Lipinski definition) is 1. The van der Waals surface area contributed by atoms with Gasteiger partial charge >= 0.3 is 0 Å². The number of nitrogens with zero attached hydrogens (tertiary/aromatic N) is 3. The smallest absolute Gasteiger partial charge is 0.178 e. The fraction of sp³-hybridized carbons (Fsp3) is 0.400. The van der Waals surface area contributed by atoms with E-state index in [-0.39, 0.29) is 6.04 Å². The molecule has 0 aliphatic heterocycles. The van der Waals surface area contributed by atoms with Gasteiger partial charge in [-0.1, -0.05) is 19.9 Å². The lowest BCUT2D eigenvalue weighted by atomic mass is 10.1. The summed E-state index contributed by atoms with van der Waals surface area (Å²) in [6.07, 6.45) is 8.19. The Hall–Kier alpha value is -1.81. The first-order chi connectivity index (χ1) is 9.24. The third-order valence-electron chi connectivity index (χ3n) is 3.21. The van der Waals surface area contributed by atoms with Gasteiger partial charge in [0.05, 0.1) is 0 Å². The molecule has 0 aliphatic carbocycles. The highest BCUT2D eigenvalue weighted by Crippen LogP contribution is 2.17. The lowest BCUT2D eigenvalue weighted by molar-refractivity contribution is 0.643. The van der Waals surface area contributed by atoms with Crippen LogP contribution >= 0.6 is 0 Å². The zero-order valence-corrected chi connectivity index (χ0v) is 11.5. The van der Waals surface area contributed by atoms with E-state index >= 15 is 0 Å². The number of aryl methyl sites for hydroxylation is 1. The minimum Gasteiger partial charge on any atom is -0.327 e. The fourth-order valence-corrected chi connectivity index (χ4v) is 1.95. The van der Waals surface area contributed by atoms with Crippen LogP contribution in [0.1, 0.15) is 31.4 Å². The van der Waals surface area contributed by atoms with E-state index in [0.717, 1.165) is 30.5 Å². The number of nitrogens with two attached hydrogens (primary N) is 1. The summed E-state index contributed by atoms with van der Waals surface area (Å²) < 4.78 is 0. The summed E-state index contributed by atoms with van der Waals surface area (Å²) >= 11 is 0. The van der Waals surface area contributed by atoms with Crippen LogP contribution in [0.25, 0.3) is 11.5 Å². The summed E-state index contributed by atoms with van der Waals surface area (Å²) in [5.74, 6) is 0.686. The Balaban J connectivity index is 2.22. The Morgan fingerprint density at radius 1 is 1.16 bits per heavy atom. The van der Waals surface area contributed by atoms with Crippen molar-refractivity contribution >= 4 is 0 Å². The molecule has 0 aliphatic rings. The molecule has 2 aromatic rings. The highest BCUT2D eigenvalue weighted by molar-refractivity contribution is 5.54. The molecule has 4 heteroatoms. The van der Waals surface area contributed by atoms with E-state index in [1.54, 1.807) is 6.20 Å². The van der Waals surface area contributed by atoms with Gasteiger partial charge in [-0.2, -0.15) is 0 Å². The molecule has 100 valence electrons. The van der Waals surface area contributed by atoms with Crippen LogP contribution < -0.4 is 5.73 Å². The molecule has 2 rings (SSSR count). The van der Waals surface area contributed by atoms with Crippen LogP contribution in [0.4, 0.5) is 0 Å². The molecule has 0 bridgehead atoms. The Morgan fingerprint density at radius 3 is 2.53 bits per heavy atom. The van der Waals surface area contributed by atoms with Gasteiger partial charge in [0.2, 0.25) is 0 Å². The topological polar surface area (TPSA) is 64.7 Å². The zero-order valence-electron chi connectivity index (χ0n) is 11.5. The maximum absolute atomic E-state index is 5.93. The minimum atomic E-state index is 0.176. The van der Waals surface area contributed by atoms with Crippen molar-refractivity contribution < 1.29 is 0 Å². The predicted molar refractivity (Wildman–Crippen MR) is 76.6 cm³/mol. The maximum Gasteiger partial charge on any atom is 0.178 e. The molecule has 0 saturated heterocycles. The number of rotatable bonds is 5. The summed E-state index contributed by atoms with van der Waals surface area (Å²) in [5.41, 5.74) is 9.05. The summed E-state index contributed by atoms with van der Waals surface area (Å²) in [4.78, 5) is 13.2. The van der Waals surface area contributed by atoms with Gasteiger partial charge in [-0.05, 0) is 36.5 Å². The van der Waals surface area contributed by atoms with E-state index in [2.05, 4.69) is 34.9 Å². The molecule has 0 radical (unpaired) electrons. The van der Waals surface area contributed by atoms with Crippen LogP contribution in [0, 0.1) is 0 Å². The van der Waals surface area contributed by atoms with Gasteiger partial charge in [0, 0.05) is 24.6 Å². The van der Waals surface area contributed by atoms with Crippen molar-refractivity contribution in [3.05, 3.63) is 41.9 Å². The molecule has 0 aromatic carbocycles. The predicted octanol–water partition coefficient (Wildman–Crippen LogP) is 2.38. The van der Waals surface area contributed by atoms with E-state index in [1.165, 1.54) is 5.56 Å². The van der Waals surface area contributed by atoms with Gasteiger partial charge in [0.1, 0.15) is 5.69 Å². The van der Waals surface area contributed by atoms with Crippen molar-refractivity contribution in [2.45, 2.75) is 39.2 Å². The number of hydrogen-bond acceptors (Lipinski definition) is 4. The fourth-order valence-electron chi connectivity index (χ4n) is 1.95. The van der Waals surface area contributed by atoms with Crippen molar-refractivity contribution in [3.8, 4) is 11.5 Å². The van der Waals surface area contributed by atoms with Gasteiger partial charge in [0.15, 0.2) is 5.82 Å². The minimum absolute atomic E-state index is 0.176. The van der Waals surface area contributed by atoms with Gasteiger partial charge in [0.25, 0.3) is 0 Å². The largest absolute Gasteiger partial charge is 0.327 e. The van der Waals surface area contributed by atoms with Gasteiger partial charge in [-0.15, -0.1) is 0 Å². The summed E-state index contributed by atoms with van der Waals surface area (Å²) in [6.45, 7) is 4.19. The van der Waals surface area contributed by atoms with Crippen LogP contribution in [-0.4, -0.2) is 21.0 Å². The van der Waals surface area contributed by atoms with Crippen LogP contribution in [0.15, 0.2) is 30.7 Å². The molecular formula is C15H20N4. The summed E-state index contributed by atoms with van der Waals surface area (Å²) in [5, 5.41) is 0. The molecule has 4 nitrogen and oxygen atoms in total. The van der Waals surface area contributed by atoms with Crippen molar-refractivity contribution in [2.75, 3.05) is 0 Å². The second-order valence-electron chi connectivity index (χ2n) is 4.65. The molecular weight excluding hydrogens is 236 g/mol. The molecule has 2 N–H and O–H groups in total. The Labute approximate surface area is 114 Å². The van der Waals surface area contributed by atoms with E-state index in [0.29, 0.717) is 5.82 Å². The number of pyridine rings is 1. The quantitative estimate of drug-likeness (QED) is 0.892. The summed E-state index contributed by atoms with van der Waals surface area (Å²) in [6, 6.07) is 4.18. The third kappa shape index (κ3) is 3.35. The highest BCUT2D eigenvalue weighted by Gasteiger charge is 2.08. The van der Waals surface area contributed by atoms with E-state index in [4.69, 9.17) is 5.73 Å². The normalized spacial score (nSPS) is 12.4. The molecule has 2 heterocycles. The van der Waals surface area contributed by atoms with Gasteiger partial charge < -0.3 is 5.73 Å². The molecule has 0 fully saturated rings. The van der Waals surface area contributed by atoms with Crippen molar-refractivity contribution in [2.24, 2.45) is 5.73 Å². The first kappa shape index (κ1) is 13.6. The van der Waals surface area contributed by atoms with Gasteiger partial charge in [-0.25, -0.2) is 9.97 Å². The zero-order chi connectivity index (χ0) is 13.7. The second kappa shape index (κ2) is 6.38. The SMILES string of the molecule is CCc1cccnc1-c1ncc(CC(N)CC)cn1. The van der Waals surface area contributed by atoms with Crippen molar-refractivity contribution in [1.29, 1.82) is 0 Å². The summed E-state index contributed by atoms with van der Waals surface area (Å²) in [7, 11) is 0. The second-order valence-corrected chi connectivity index (χ2v) is 4.65. The number of aromatic nitrogens is 3. The lowest BCUT2D eigenvalue weighted by Gasteiger charge is -2.09. The maximum atomic E-state index is 5.93. The lowest BCUT2D eigenvalue weighted by Crippen LogP contribution is -2.21. The third-order valence-corrected chi connectivity index (χ3v) is 3.21. The van der Waals surface area contributed by atoms with Crippen LogP contribution in [0.3, 0.4) is 0 Å². The van der Waals surface area contributed by atoms with Crippen molar-refractivity contribution in [1.82, 2.24) is 15.0 Å². The van der Waals surface area contributed by atoms with Crippen LogP contribution in [-0.2, 0) is 12.8 Å². The first-order valence-corrected chi connectivity index (χ1v) is 6.75. The molecule has 0 saturated carbocycles. The van der Waals surface area contributed by atoms with E-state index in [1.807, 2.05) is 18.5 Å². The van der Waals surface area contributed by atoms with Crippen LogP contribution in [0.2, 0.25) is 0 Å². The Bertz CT molecular complexity index is 522. The Morgan fingerprint density at radius 2 is 1.89 bits per heavy atom. The molecule has 0 spiro atoms. The molecule has 0 amide bonds. The molecule has 1 unspecified atom stereocenters. The van der Waals surface area contributed by atoms with Crippen molar-refractivity contribution in [3.63, 3.8) is 0 Å². The average Bonchev–Trinajstić information content (AvgIpc) is 2.48. The highest BCUT2D eigenvalue weighted by atomic mass is 14.9. The van der Waals surface area contributed by atoms with E-state index in [9.17, 15) is 0 Å². The average molecular weight is 256 g/mol. The Kier molecular flexibility index (Phi) is 4.58. The monoisotopic (exact) mass is 256 g/mol. The van der Waals surface area contributed by atoms with Crippen LogP contribution in [0.5, 0.6) is 0 Å². The standard InChI is InChI=1S/C15H20N4/c1-3-12-6-5-7-17-14(12)15-18-9-11(10-19-15)8-13(16)4-2/h5-7,9-10,13H,3-4,8,16H2,1-2H3. The van der Waals surface area contributed by atoms with E-state index < -0.39 is 0 Å². The molecule has 2 aromatic heterocycles. The van der Waals surface area contributed by atoms with Gasteiger partial charge in [-0.3, -0.25) is 4.98 Å². The first-order valence-electron chi connectivity index (χ1n) is 6.75.